The molecular weight excluding hydrogens is 545 g/mol. The van der Waals surface area contributed by atoms with E-state index in [9.17, 15) is 65.9 Å². The molecule has 0 bridgehead atoms. The van der Waals surface area contributed by atoms with E-state index in [2.05, 4.69) is 0 Å². The Morgan fingerprint density at radius 3 is 1.46 bits per heavy atom. The van der Waals surface area contributed by atoms with E-state index in [1.165, 1.54) is 0 Å². The van der Waals surface area contributed by atoms with Crippen molar-refractivity contribution in [3.05, 3.63) is 21.9 Å². The summed E-state index contributed by atoms with van der Waals surface area (Å²) >= 11 is 0.250. The van der Waals surface area contributed by atoms with Crippen LogP contribution in [-0.2, 0) is 12.3 Å². The number of alkyl halides is 15. The second-order valence-corrected chi connectivity index (χ2v) is 8.52. The molecule has 0 fully saturated rings. The lowest BCUT2D eigenvalue weighted by Gasteiger charge is -2.41. The average Bonchev–Trinajstić information content (AvgIpc) is 3.18. The van der Waals surface area contributed by atoms with Gasteiger partial charge in [0.1, 0.15) is 0 Å². The summed E-state index contributed by atoms with van der Waals surface area (Å²) in [4.78, 5) is 0. The van der Waals surface area contributed by atoms with Crippen LogP contribution in [0.4, 0.5) is 65.9 Å². The molecule has 0 aromatic carbocycles. The van der Waals surface area contributed by atoms with E-state index in [1.807, 2.05) is 6.92 Å². The molecule has 1 rings (SSSR count). The van der Waals surface area contributed by atoms with Crippen molar-refractivity contribution in [2.45, 2.75) is 93.6 Å². The van der Waals surface area contributed by atoms with Crippen molar-refractivity contribution in [2.75, 3.05) is 0 Å². The Hall–Kier alpha value is -1.35. The van der Waals surface area contributed by atoms with Crippen LogP contribution in [0.1, 0.15) is 56.6 Å². The van der Waals surface area contributed by atoms with Crippen LogP contribution in [0.15, 0.2) is 10.8 Å². The first-order valence-electron chi connectivity index (χ1n) is 9.94. The summed E-state index contributed by atoms with van der Waals surface area (Å²) in [7, 11) is 0. The molecular formula is C19H19F15S. The number of hydrogen-bond donors (Lipinski definition) is 0. The molecule has 0 nitrogen and oxygen atoms in total. The SMILES string of the molecule is CCCCCCCCc1cscc1C(F)(F)C(F)(F)C(F)(F)C(F)(F)C(F)(F)C(F)(F)C(F)(F)F. The summed E-state index contributed by atoms with van der Waals surface area (Å²) in [6, 6.07) is 0. The second-order valence-electron chi connectivity index (χ2n) is 7.77. The van der Waals surface area contributed by atoms with Gasteiger partial charge in [0.2, 0.25) is 0 Å². The smallest absolute Gasteiger partial charge is 0.194 e. The maximum atomic E-state index is 14.4. The van der Waals surface area contributed by atoms with Crippen LogP contribution >= 0.6 is 11.3 Å². The minimum atomic E-state index is -8.26. The fraction of sp³-hybridized carbons (Fsp3) is 0.789. The zero-order chi connectivity index (χ0) is 27.7. The first kappa shape index (κ1) is 31.7. The third-order valence-electron chi connectivity index (χ3n) is 5.21. The van der Waals surface area contributed by atoms with E-state index in [1.54, 1.807) is 0 Å². The zero-order valence-electron chi connectivity index (χ0n) is 17.7. The van der Waals surface area contributed by atoms with Crippen LogP contribution in [0.3, 0.4) is 0 Å². The Morgan fingerprint density at radius 1 is 0.543 bits per heavy atom. The highest BCUT2D eigenvalue weighted by molar-refractivity contribution is 7.08. The summed E-state index contributed by atoms with van der Waals surface area (Å²) in [6.07, 6.45) is -4.59. The molecule has 0 radical (unpaired) electrons. The normalized spacial score (nSPS) is 15.1. The lowest BCUT2D eigenvalue weighted by Crippen LogP contribution is -2.72. The molecule has 1 heterocycles. The zero-order valence-corrected chi connectivity index (χ0v) is 18.5. The standard InChI is InChI=1S/C19H19F15S/c1-2-3-4-5-6-7-8-11-9-35-10-12(11)13(20,21)14(22,23)15(24,25)16(26,27)17(28,29)18(30,31)19(32,33)34/h9-10H,2-8H2,1H3. The molecule has 0 unspecified atom stereocenters. The summed E-state index contributed by atoms with van der Waals surface area (Å²) < 4.78 is 201. The third kappa shape index (κ3) is 5.22. The quantitative estimate of drug-likeness (QED) is 0.165. The van der Waals surface area contributed by atoms with Crippen molar-refractivity contribution < 1.29 is 65.9 Å². The van der Waals surface area contributed by atoms with Crippen LogP contribution in [0.2, 0.25) is 0 Å². The Kier molecular flexibility index (Phi) is 9.22. The van der Waals surface area contributed by atoms with Gasteiger partial charge in [-0.3, -0.25) is 0 Å². The summed E-state index contributed by atoms with van der Waals surface area (Å²) in [5.74, 6) is -46.4. The molecule has 0 amide bonds. The number of hydrogen-bond acceptors (Lipinski definition) is 1. The van der Waals surface area contributed by atoms with Crippen LogP contribution in [0.25, 0.3) is 0 Å². The van der Waals surface area contributed by atoms with Gasteiger partial charge in [-0.25, -0.2) is 0 Å². The molecule has 16 heteroatoms. The van der Waals surface area contributed by atoms with Crippen molar-refractivity contribution >= 4 is 11.3 Å². The molecule has 0 aliphatic carbocycles. The molecule has 0 atom stereocenters. The maximum Gasteiger partial charge on any atom is 0.460 e. The van der Waals surface area contributed by atoms with Crippen LogP contribution in [0.5, 0.6) is 0 Å². The minimum absolute atomic E-state index is 0.0670. The molecule has 0 aliphatic rings. The summed E-state index contributed by atoms with van der Waals surface area (Å²) in [5, 5.41) is 0.936. The second kappa shape index (κ2) is 10.2. The highest BCUT2D eigenvalue weighted by Crippen LogP contribution is 2.64. The number of aryl methyl sites for hydroxylation is 1. The molecule has 0 saturated heterocycles. The highest BCUT2D eigenvalue weighted by Gasteiger charge is 2.93. The van der Waals surface area contributed by atoms with E-state index in [0.717, 1.165) is 24.6 Å². The van der Waals surface area contributed by atoms with E-state index in [-0.39, 0.29) is 23.1 Å². The Bertz CT molecular complexity index is 822. The largest absolute Gasteiger partial charge is 0.460 e. The van der Waals surface area contributed by atoms with Crippen molar-refractivity contribution in [3.8, 4) is 0 Å². The van der Waals surface area contributed by atoms with Gasteiger partial charge in [-0.1, -0.05) is 39.0 Å². The number of thiophene rings is 1. The molecule has 1 aromatic heterocycles. The average molecular weight is 564 g/mol. The van der Waals surface area contributed by atoms with Crippen molar-refractivity contribution in [2.24, 2.45) is 0 Å². The van der Waals surface area contributed by atoms with Gasteiger partial charge in [0.25, 0.3) is 0 Å². The van der Waals surface area contributed by atoms with Crippen LogP contribution in [-0.4, -0.2) is 35.8 Å². The van der Waals surface area contributed by atoms with Gasteiger partial charge in [-0.15, -0.1) is 0 Å². The number of halogens is 15. The van der Waals surface area contributed by atoms with Crippen LogP contribution < -0.4 is 0 Å². The summed E-state index contributed by atoms with van der Waals surface area (Å²) in [5.41, 5.74) is -2.68. The molecule has 0 N–H and O–H groups in total. The van der Waals surface area contributed by atoms with Gasteiger partial charge < -0.3 is 0 Å². The van der Waals surface area contributed by atoms with Gasteiger partial charge in [-0.05, 0) is 23.8 Å². The fourth-order valence-corrected chi connectivity index (χ4v) is 3.94. The molecule has 0 saturated carbocycles. The van der Waals surface area contributed by atoms with Gasteiger partial charge in [0.15, 0.2) is 0 Å². The predicted octanol–water partition coefficient (Wildman–Crippen LogP) is 9.48. The molecule has 0 aliphatic heterocycles. The Balaban J connectivity index is 3.36. The Labute approximate surface area is 193 Å². The monoisotopic (exact) mass is 564 g/mol. The molecule has 1 aromatic rings. The summed E-state index contributed by atoms with van der Waals surface area (Å²) in [6.45, 7) is 1.89. The lowest BCUT2D eigenvalue weighted by atomic mass is 9.88. The molecule has 0 spiro atoms. The van der Waals surface area contributed by atoms with Gasteiger partial charge in [-0.2, -0.15) is 77.2 Å². The third-order valence-corrected chi connectivity index (χ3v) is 6.00. The van der Waals surface area contributed by atoms with E-state index >= 15 is 0 Å². The van der Waals surface area contributed by atoms with E-state index < -0.39 is 59.3 Å². The predicted molar refractivity (Wildman–Crippen MR) is 96.1 cm³/mol. The Morgan fingerprint density at radius 2 is 0.971 bits per heavy atom. The van der Waals surface area contributed by atoms with Gasteiger partial charge >= 0.3 is 41.7 Å². The lowest BCUT2D eigenvalue weighted by molar-refractivity contribution is -0.453. The van der Waals surface area contributed by atoms with Crippen molar-refractivity contribution in [3.63, 3.8) is 0 Å². The van der Waals surface area contributed by atoms with Crippen LogP contribution in [0, 0.1) is 0 Å². The van der Waals surface area contributed by atoms with Crippen molar-refractivity contribution in [1.29, 1.82) is 0 Å². The van der Waals surface area contributed by atoms with Gasteiger partial charge in [0, 0.05) is 10.9 Å². The topological polar surface area (TPSA) is 0 Å². The number of unbranched alkanes of at least 4 members (excludes halogenated alkanes) is 5. The number of rotatable bonds is 13. The minimum Gasteiger partial charge on any atom is -0.194 e. The highest BCUT2D eigenvalue weighted by atomic mass is 32.1. The molecule has 206 valence electrons. The van der Waals surface area contributed by atoms with Crippen molar-refractivity contribution in [1.82, 2.24) is 0 Å². The van der Waals surface area contributed by atoms with Gasteiger partial charge in [0.05, 0.1) is 0 Å². The molecule has 35 heavy (non-hydrogen) atoms. The first-order chi connectivity index (χ1) is 15.6. The van der Waals surface area contributed by atoms with E-state index in [0.29, 0.717) is 12.8 Å². The van der Waals surface area contributed by atoms with E-state index in [4.69, 9.17) is 0 Å². The maximum absolute atomic E-state index is 14.4. The fourth-order valence-electron chi connectivity index (χ4n) is 3.02. The first-order valence-corrected chi connectivity index (χ1v) is 10.9.